The van der Waals surface area contributed by atoms with Crippen LogP contribution in [0, 0.1) is 0 Å². The van der Waals surface area contributed by atoms with E-state index >= 15 is 0 Å². The zero-order valence-corrected chi connectivity index (χ0v) is 51.6. The number of halogens is 5. The van der Waals surface area contributed by atoms with Crippen molar-refractivity contribution in [1.82, 2.24) is 10.2 Å². The van der Waals surface area contributed by atoms with Gasteiger partial charge in [-0.2, -0.15) is 21.6 Å². The summed E-state index contributed by atoms with van der Waals surface area (Å²) in [6, 6.07) is 12.5. The third kappa shape index (κ3) is 14.8. The fourth-order valence-electron chi connectivity index (χ4n) is 7.42. The van der Waals surface area contributed by atoms with Crippen LogP contribution in [0.1, 0.15) is 113 Å². The molecule has 80 heavy (non-hydrogen) atoms. The number of ether oxygens (including phenoxy) is 6. The Hall–Kier alpha value is -5.90. The van der Waals surface area contributed by atoms with Crippen molar-refractivity contribution >= 4 is 79.8 Å². The van der Waals surface area contributed by atoms with Crippen molar-refractivity contribution in [2.45, 2.75) is 141 Å². The molecule has 0 saturated carbocycles. The van der Waals surface area contributed by atoms with Crippen molar-refractivity contribution in [1.29, 1.82) is 0 Å². The Bertz CT molecular complexity index is 3090. The molecule has 1 aliphatic heterocycles. The number of nitrogens with zero attached hydrogens (tertiary/aromatic N) is 1. The van der Waals surface area contributed by atoms with Crippen LogP contribution in [0.25, 0.3) is 0 Å². The van der Waals surface area contributed by atoms with Gasteiger partial charge in [0.15, 0.2) is 46.0 Å². The zero-order valence-electron chi connectivity index (χ0n) is 47.2. The van der Waals surface area contributed by atoms with Gasteiger partial charge in [-0.05, 0) is 111 Å². The monoisotopic (exact) mass is 1210 g/mol. The van der Waals surface area contributed by atoms with Crippen LogP contribution in [0.2, 0.25) is 46.3 Å². The second kappa shape index (κ2) is 24.3. The van der Waals surface area contributed by atoms with Crippen LogP contribution in [-0.4, -0.2) is 104 Å². The summed E-state index contributed by atoms with van der Waals surface area (Å²) in [6.07, 6.45) is -3.61. The minimum atomic E-state index is -6.33. The molecule has 1 N–H and O–H groups in total. The van der Waals surface area contributed by atoms with E-state index in [-0.39, 0.29) is 56.2 Å². The van der Waals surface area contributed by atoms with E-state index in [0.29, 0.717) is 0 Å². The Labute approximate surface area is 476 Å². The summed E-state index contributed by atoms with van der Waals surface area (Å²) in [5.41, 5.74) is -6.35. The fraction of sp³-hybridized carbons (Fsp3) is 0.463. The average Bonchev–Trinajstić information content (AvgIpc) is 3.57. The minimum absolute atomic E-state index is 0.0549. The Balaban J connectivity index is 1.65. The average molecular weight is 1220 g/mol. The lowest BCUT2D eigenvalue weighted by molar-refractivity contribution is -0.149. The molecule has 1 aliphatic rings. The molecule has 4 aromatic carbocycles. The Kier molecular flexibility index (Phi) is 19.7. The summed E-state index contributed by atoms with van der Waals surface area (Å²) in [5, 5.41) is 1.24. The molecule has 0 aromatic heterocycles. The largest absolute Gasteiger partial charge is 0.534 e. The second-order valence-corrected chi connectivity index (χ2v) is 34.4. The number of benzene rings is 4. The van der Waals surface area contributed by atoms with E-state index in [1.807, 2.05) is 67.7 Å². The first-order chi connectivity index (χ1) is 36.7. The molecule has 0 spiro atoms. The normalized spacial score (nSPS) is 15.0. The number of esters is 2. The summed E-state index contributed by atoms with van der Waals surface area (Å²) in [4.78, 5) is 69.6. The van der Waals surface area contributed by atoms with Crippen LogP contribution in [0.15, 0.2) is 72.8 Å². The van der Waals surface area contributed by atoms with Gasteiger partial charge < -0.3 is 46.8 Å². The second-order valence-electron chi connectivity index (χ2n) is 22.5. The lowest BCUT2D eigenvalue weighted by atomic mass is 10.0. The number of carbonyl (C=O) groups excluding carboxylic acids is 5. The predicted octanol–water partition coefficient (Wildman–Crippen LogP) is 13.2. The maximum Gasteiger partial charge on any atom is 0.534 e. The maximum atomic E-state index is 14.0. The molecule has 0 bridgehead atoms. The molecule has 3 amide bonds. The van der Waals surface area contributed by atoms with Crippen molar-refractivity contribution < 1.29 is 87.0 Å². The van der Waals surface area contributed by atoms with Gasteiger partial charge in [0.2, 0.25) is 5.75 Å². The SMILES string of the molecule is CCOC(=O)[C@H](NC(=O)OC(C)(C)C)[C@H](O[Si](C)(C)C(C)(C)C)c1ccc(Oc2cc(OS(=O)(=O)C(F)(F)F)cc(Oc3ccc([C@@H](O[Si](C)(C)C(C)(C)C)[C@@H](C(=O)OC)N4C(=O)c5ccccc5C4=O)cc3Cl)c2OC)c(Cl)c1. The van der Waals surface area contributed by atoms with Gasteiger partial charge in [-0.15, -0.1) is 0 Å². The number of fused-ring (bicyclic) bond motifs is 1. The number of imide groups is 1. The van der Waals surface area contributed by atoms with Gasteiger partial charge in [0.05, 0.1) is 42.0 Å². The molecular weight excluding hydrogens is 1150 g/mol. The van der Waals surface area contributed by atoms with Crippen molar-refractivity contribution in [3.05, 3.63) is 105 Å². The van der Waals surface area contributed by atoms with Crippen molar-refractivity contribution in [3.8, 4) is 34.5 Å². The maximum absolute atomic E-state index is 14.0. The molecule has 438 valence electrons. The third-order valence-corrected chi connectivity index (χ3v) is 24.0. The standard InChI is InChI=1S/C54H67Cl2F3N2O16SSi2/c1-17-71-48(64)41(60-50(66)74-51(2,3)4)43(76-79(13,14)52(5,6)7)30-22-24-37(35(55)26-30)72-39-28-32(75-78(67,68)54(57,58)59)29-40(45(39)69-11)73-38-25-23-31(27-36(38)56)44(77-80(15,16)53(8,9)10)42(49(65)70-12)61-46(62)33-20-18-19-21-34(33)47(61)63/h18-29,41-44H,17H2,1-16H3,(H,60,66)/t41-,42+,43-,44-/m1/s1. The van der Waals surface area contributed by atoms with E-state index in [2.05, 4.69) is 9.50 Å². The highest BCUT2D eigenvalue weighted by atomic mass is 35.5. The summed E-state index contributed by atoms with van der Waals surface area (Å²) < 4.78 is 119. The van der Waals surface area contributed by atoms with Crippen LogP contribution in [0.4, 0.5) is 18.0 Å². The number of hydrogen-bond donors (Lipinski definition) is 1. The van der Waals surface area contributed by atoms with Crippen LogP contribution in [0.5, 0.6) is 34.5 Å². The molecule has 18 nitrogen and oxygen atoms in total. The van der Waals surface area contributed by atoms with E-state index in [9.17, 15) is 45.6 Å². The number of rotatable bonds is 20. The number of methoxy groups -OCH3 is 2. The number of amides is 3. The molecule has 1 heterocycles. The summed E-state index contributed by atoms with van der Waals surface area (Å²) in [7, 11) is -9.87. The van der Waals surface area contributed by atoms with Gasteiger partial charge in [-0.3, -0.25) is 14.5 Å². The highest BCUT2D eigenvalue weighted by molar-refractivity contribution is 7.88. The quantitative estimate of drug-likeness (QED) is 0.0217. The van der Waals surface area contributed by atoms with E-state index in [0.717, 1.165) is 31.3 Å². The first kappa shape index (κ1) is 64.9. The highest BCUT2D eigenvalue weighted by Gasteiger charge is 2.52. The van der Waals surface area contributed by atoms with Crippen molar-refractivity contribution in [3.63, 3.8) is 0 Å². The molecule has 4 aromatic rings. The van der Waals surface area contributed by atoms with E-state index in [4.69, 9.17) is 60.5 Å². The van der Waals surface area contributed by atoms with Crippen LogP contribution in [-0.2, 0) is 42.8 Å². The summed E-state index contributed by atoms with van der Waals surface area (Å²) in [6.45, 7) is 25.7. The molecule has 0 fully saturated rings. The number of alkyl carbamates (subject to hydrolysis) is 1. The Morgan fingerprint density at radius 1 is 0.675 bits per heavy atom. The van der Waals surface area contributed by atoms with Gasteiger partial charge in [0.1, 0.15) is 29.3 Å². The van der Waals surface area contributed by atoms with Crippen LogP contribution < -0.4 is 23.7 Å². The van der Waals surface area contributed by atoms with Gasteiger partial charge in [-0.1, -0.05) is 89.0 Å². The first-order valence-corrected chi connectivity index (χ1v) is 32.9. The number of nitrogens with one attached hydrogen (secondary N) is 1. The highest BCUT2D eigenvalue weighted by Crippen LogP contribution is 2.50. The Morgan fingerprint density at radius 2 is 1.12 bits per heavy atom. The summed E-state index contributed by atoms with van der Waals surface area (Å²) >= 11 is 13.9. The summed E-state index contributed by atoms with van der Waals surface area (Å²) in [5.74, 6) is -6.20. The number of alkyl halides is 3. The number of carbonyl (C=O) groups is 5. The first-order valence-electron chi connectivity index (χ1n) is 24.9. The topological polar surface area (TPSA) is 218 Å². The lowest BCUT2D eigenvalue weighted by Gasteiger charge is -2.42. The van der Waals surface area contributed by atoms with Gasteiger partial charge in [0.25, 0.3) is 11.8 Å². The van der Waals surface area contributed by atoms with E-state index in [1.165, 1.54) is 48.5 Å². The fourth-order valence-corrected chi connectivity index (χ4v) is 10.8. The predicted molar refractivity (Wildman–Crippen MR) is 296 cm³/mol. The molecular formula is C54H67Cl2F3N2O16SSi2. The smallest absolute Gasteiger partial charge is 0.490 e. The van der Waals surface area contributed by atoms with Crippen LogP contribution >= 0.6 is 23.2 Å². The van der Waals surface area contributed by atoms with Crippen molar-refractivity contribution in [2.75, 3.05) is 20.8 Å². The van der Waals surface area contributed by atoms with E-state index < -0.39 is 119 Å². The molecule has 26 heteroatoms. The lowest BCUT2D eigenvalue weighted by Crippen LogP contribution is -2.53. The molecule has 0 unspecified atom stereocenters. The molecule has 5 rings (SSSR count). The third-order valence-electron chi connectivity index (χ3n) is 13.5. The number of hydrogen-bond acceptors (Lipinski definition) is 16. The van der Waals surface area contributed by atoms with Gasteiger partial charge >= 0.3 is 33.7 Å². The van der Waals surface area contributed by atoms with Crippen molar-refractivity contribution in [2.24, 2.45) is 0 Å². The molecule has 0 saturated heterocycles. The van der Waals surface area contributed by atoms with Crippen LogP contribution in [0.3, 0.4) is 0 Å². The van der Waals surface area contributed by atoms with Gasteiger partial charge in [0, 0.05) is 12.1 Å². The Morgan fingerprint density at radius 3 is 1.51 bits per heavy atom. The molecule has 0 radical (unpaired) electrons. The zero-order chi connectivity index (χ0) is 60.5. The van der Waals surface area contributed by atoms with E-state index in [1.54, 1.807) is 39.8 Å². The minimum Gasteiger partial charge on any atom is -0.490 e. The molecule has 0 aliphatic carbocycles. The molecule has 4 atom stereocenters. The van der Waals surface area contributed by atoms with Gasteiger partial charge in [-0.25, -0.2) is 14.4 Å².